The van der Waals surface area contributed by atoms with Crippen LogP contribution in [-0.2, 0) is 6.54 Å². The molecule has 0 N–H and O–H groups in total. The van der Waals surface area contributed by atoms with E-state index in [1.165, 1.54) is 4.88 Å². The van der Waals surface area contributed by atoms with Crippen molar-refractivity contribution in [3.05, 3.63) is 75.6 Å². The van der Waals surface area contributed by atoms with Crippen LogP contribution in [0.1, 0.15) is 4.88 Å². The second-order valence-electron chi connectivity index (χ2n) is 5.27. The standard InChI is InChI=1S/C20H19N3OS2/c1-3-13-23-19(16-8-10-17(24-2)11-9-16)15-26-20(23)22-21-12-4-6-18-7-5-14-25-18/h3-12,14-15H,1,13H2,2H3/b6-4+,21-12+,22-20-. The highest BCUT2D eigenvalue weighted by Gasteiger charge is 2.07. The zero-order valence-electron chi connectivity index (χ0n) is 14.4. The Kier molecular flexibility index (Phi) is 6.35. The van der Waals surface area contributed by atoms with Gasteiger partial charge in [-0.2, -0.15) is 5.10 Å². The van der Waals surface area contributed by atoms with Gasteiger partial charge in [-0.15, -0.1) is 34.4 Å². The second kappa shape index (κ2) is 9.12. The maximum Gasteiger partial charge on any atom is 0.211 e. The van der Waals surface area contributed by atoms with Crippen molar-refractivity contribution in [2.24, 2.45) is 10.2 Å². The molecule has 0 aliphatic rings. The predicted molar refractivity (Wildman–Crippen MR) is 112 cm³/mol. The summed E-state index contributed by atoms with van der Waals surface area (Å²) in [5.74, 6) is 0.839. The highest BCUT2D eigenvalue weighted by molar-refractivity contribution is 7.10. The first-order chi connectivity index (χ1) is 12.8. The normalized spacial score (nSPS) is 12.3. The molecule has 26 heavy (non-hydrogen) atoms. The number of hydrogen-bond donors (Lipinski definition) is 0. The molecule has 0 fully saturated rings. The number of hydrogen-bond acceptors (Lipinski definition) is 5. The molecule has 0 aliphatic heterocycles. The van der Waals surface area contributed by atoms with Gasteiger partial charge in [-0.05, 0) is 53.4 Å². The summed E-state index contributed by atoms with van der Waals surface area (Å²) in [7, 11) is 1.67. The minimum Gasteiger partial charge on any atom is -0.497 e. The Morgan fingerprint density at radius 1 is 1.19 bits per heavy atom. The summed E-state index contributed by atoms with van der Waals surface area (Å²) in [6.07, 6.45) is 7.47. The fraction of sp³-hybridized carbons (Fsp3) is 0.100. The molecule has 6 heteroatoms. The molecular weight excluding hydrogens is 362 g/mol. The average molecular weight is 382 g/mol. The zero-order valence-corrected chi connectivity index (χ0v) is 16.0. The van der Waals surface area contributed by atoms with Gasteiger partial charge in [0.25, 0.3) is 0 Å². The molecule has 0 saturated heterocycles. The number of aromatic nitrogens is 1. The first kappa shape index (κ1) is 18.1. The summed E-state index contributed by atoms with van der Waals surface area (Å²) in [6, 6.07) is 12.1. The van der Waals surface area contributed by atoms with Crippen LogP contribution >= 0.6 is 22.7 Å². The van der Waals surface area contributed by atoms with Gasteiger partial charge in [0.1, 0.15) is 5.75 Å². The molecule has 0 unspecified atom stereocenters. The van der Waals surface area contributed by atoms with E-state index in [9.17, 15) is 0 Å². The van der Waals surface area contributed by atoms with Crippen LogP contribution in [-0.4, -0.2) is 17.9 Å². The molecule has 2 heterocycles. The van der Waals surface area contributed by atoms with E-state index in [0.29, 0.717) is 6.54 Å². The minimum absolute atomic E-state index is 0.671. The Hall–Kier alpha value is -2.70. The van der Waals surface area contributed by atoms with Gasteiger partial charge in [-0.25, -0.2) is 0 Å². The first-order valence-corrected chi connectivity index (χ1v) is 9.78. The van der Waals surface area contributed by atoms with Gasteiger partial charge in [0.2, 0.25) is 4.80 Å². The van der Waals surface area contributed by atoms with Crippen molar-refractivity contribution in [3.63, 3.8) is 0 Å². The average Bonchev–Trinajstić information content (AvgIpc) is 3.32. The van der Waals surface area contributed by atoms with Gasteiger partial charge in [0.05, 0.1) is 12.8 Å². The largest absolute Gasteiger partial charge is 0.497 e. The molecule has 1 aromatic carbocycles. The third-order valence-corrected chi connectivity index (χ3v) is 5.29. The van der Waals surface area contributed by atoms with Crippen molar-refractivity contribution < 1.29 is 4.74 Å². The lowest BCUT2D eigenvalue weighted by Gasteiger charge is -2.07. The summed E-state index contributed by atoms with van der Waals surface area (Å²) < 4.78 is 7.32. The first-order valence-electron chi connectivity index (χ1n) is 8.02. The van der Waals surface area contributed by atoms with Gasteiger partial charge in [0, 0.05) is 23.0 Å². The van der Waals surface area contributed by atoms with Gasteiger partial charge in [-0.1, -0.05) is 12.1 Å². The van der Waals surface area contributed by atoms with Crippen molar-refractivity contribution in [1.82, 2.24) is 4.57 Å². The monoisotopic (exact) mass is 381 g/mol. The summed E-state index contributed by atoms with van der Waals surface area (Å²) in [4.78, 5) is 2.02. The van der Waals surface area contributed by atoms with E-state index in [0.717, 1.165) is 21.8 Å². The maximum atomic E-state index is 5.23. The highest BCUT2D eigenvalue weighted by atomic mass is 32.1. The van der Waals surface area contributed by atoms with E-state index < -0.39 is 0 Å². The van der Waals surface area contributed by atoms with Gasteiger partial charge in [-0.3, -0.25) is 0 Å². The molecular formula is C20H19N3OS2. The number of methoxy groups -OCH3 is 1. The maximum absolute atomic E-state index is 5.23. The van der Waals surface area contributed by atoms with Crippen molar-refractivity contribution in [1.29, 1.82) is 0 Å². The van der Waals surface area contributed by atoms with E-state index >= 15 is 0 Å². The lowest BCUT2D eigenvalue weighted by molar-refractivity contribution is 0.415. The van der Waals surface area contributed by atoms with E-state index in [1.807, 2.05) is 53.9 Å². The molecule has 0 atom stereocenters. The Morgan fingerprint density at radius 2 is 2.04 bits per heavy atom. The van der Waals surface area contributed by atoms with Crippen LogP contribution in [0.2, 0.25) is 0 Å². The summed E-state index contributed by atoms with van der Waals surface area (Å²) in [5, 5.41) is 12.7. The minimum atomic E-state index is 0.671. The van der Waals surface area contributed by atoms with Crippen LogP contribution in [0, 0.1) is 0 Å². The number of thiophene rings is 1. The molecule has 0 saturated carbocycles. The molecule has 0 radical (unpaired) electrons. The fourth-order valence-corrected chi connectivity index (χ4v) is 3.86. The highest BCUT2D eigenvalue weighted by Crippen LogP contribution is 2.23. The number of nitrogens with zero attached hydrogens (tertiary/aromatic N) is 3. The third-order valence-electron chi connectivity index (χ3n) is 3.59. The SMILES string of the molecule is C=CCn1c(-c2ccc(OC)cc2)cs\c1=N/N=C/C=C/c1cccs1. The molecule has 0 amide bonds. The third kappa shape index (κ3) is 4.47. The van der Waals surface area contributed by atoms with E-state index in [2.05, 4.69) is 32.8 Å². The summed E-state index contributed by atoms with van der Waals surface area (Å²) in [5.41, 5.74) is 2.19. The number of allylic oxidation sites excluding steroid dienone is 2. The molecule has 3 rings (SSSR count). The van der Waals surface area contributed by atoms with Crippen molar-refractivity contribution in [3.8, 4) is 17.0 Å². The van der Waals surface area contributed by atoms with Gasteiger partial charge >= 0.3 is 0 Å². The molecule has 0 bridgehead atoms. The van der Waals surface area contributed by atoms with E-state index in [4.69, 9.17) is 4.74 Å². The molecule has 4 nitrogen and oxygen atoms in total. The van der Waals surface area contributed by atoms with Crippen LogP contribution in [0.15, 0.2) is 76.1 Å². The zero-order chi connectivity index (χ0) is 18.2. The number of ether oxygens (including phenoxy) is 1. The molecule has 132 valence electrons. The number of thiazole rings is 1. The Morgan fingerprint density at radius 3 is 2.73 bits per heavy atom. The topological polar surface area (TPSA) is 38.9 Å². The van der Waals surface area contributed by atoms with Crippen molar-refractivity contribution >= 4 is 35.0 Å². The lowest BCUT2D eigenvalue weighted by Crippen LogP contribution is -2.14. The van der Waals surface area contributed by atoms with Gasteiger partial charge in [0.15, 0.2) is 0 Å². The smallest absolute Gasteiger partial charge is 0.211 e. The van der Waals surface area contributed by atoms with Gasteiger partial charge < -0.3 is 9.30 Å². The fourth-order valence-electron chi connectivity index (χ4n) is 2.35. The Labute approximate surface area is 160 Å². The molecule has 0 spiro atoms. The predicted octanol–water partition coefficient (Wildman–Crippen LogP) is 5.07. The second-order valence-corrected chi connectivity index (χ2v) is 7.09. The van der Waals surface area contributed by atoms with Crippen LogP contribution in [0.4, 0.5) is 0 Å². The lowest BCUT2D eigenvalue weighted by atomic mass is 10.1. The molecule has 0 aliphatic carbocycles. The molecule has 2 aromatic heterocycles. The van der Waals surface area contributed by atoms with E-state index in [-0.39, 0.29) is 0 Å². The number of benzene rings is 1. The quantitative estimate of drug-likeness (QED) is 0.320. The molecule has 3 aromatic rings. The number of rotatable bonds is 7. The van der Waals surface area contributed by atoms with Crippen LogP contribution in [0.25, 0.3) is 17.3 Å². The van der Waals surface area contributed by atoms with Crippen LogP contribution < -0.4 is 9.54 Å². The Balaban J connectivity index is 1.84. The van der Waals surface area contributed by atoms with Crippen LogP contribution in [0.5, 0.6) is 5.75 Å². The van der Waals surface area contributed by atoms with Crippen molar-refractivity contribution in [2.75, 3.05) is 7.11 Å². The summed E-state index contributed by atoms with van der Waals surface area (Å²) in [6.45, 7) is 4.52. The van der Waals surface area contributed by atoms with Crippen LogP contribution in [0.3, 0.4) is 0 Å². The Bertz CT molecular complexity index is 961. The van der Waals surface area contributed by atoms with Crippen molar-refractivity contribution in [2.45, 2.75) is 6.54 Å². The van der Waals surface area contributed by atoms with E-state index in [1.54, 1.807) is 36.0 Å². The summed E-state index contributed by atoms with van der Waals surface area (Å²) >= 11 is 3.25.